The van der Waals surface area contributed by atoms with Gasteiger partial charge in [-0.25, -0.2) is 4.39 Å². The van der Waals surface area contributed by atoms with Crippen LogP contribution in [0.3, 0.4) is 0 Å². The number of halogens is 2. The molecule has 3 nitrogen and oxygen atoms in total. The predicted molar refractivity (Wildman–Crippen MR) is 75.5 cm³/mol. The molecule has 1 atom stereocenters. The van der Waals surface area contributed by atoms with Gasteiger partial charge in [-0.1, -0.05) is 24.6 Å². The van der Waals surface area contributed by atoms with E-state index in [1.54, 1.807) is 17.0 Å². The Kier molecular flexibility index (Phi) is 3.18. The molecule has 0 spiro atoms. The minimum absolute atomic E-state index is 0.113. The third-order valence-corrected chi connectivity index (χ3v) is 3.73. The second kappa shape index (κ2) is 4.87. The largest absolute Gasteiger partial charge is 0.299 e. The number of carbonyl (C=O) groups excluding carboxylic acids is 1. The molecule has 0 fully saturated rings. The van der Waals surface area contributed by atoms with Gasteiger partial charge in [0.2, 0.25) is 0 Å². The van der Waals surface area contributed by atoms with E-state index < -0.39 is 5.82 Å². The Balaban J connectivity index is 2.12. The van der Waals surface area contributed by atoms with Crippen LogP contribution in [0, 0.1) is 5.82 Å². The normalized spacial score (nSPS) is 17.4. The smallest absolute Gasteiger partial charge is 0.259 e. The van der Waals surface area contributed by atoms with Gasteiger partial charge in [-0.3, -0.25) is 14.7 Å². The lowest BCUT2D eigenvalue weighted by atomic mass is 10.0. The lowest BCUT2D eigenvalue weighted by Gasteiger charge is -2.24. The first-order valence-corrected chi connectivity index (χ1v) is 6.73. The zero-order valence-corrected chi connectivity index (χ0v) is 11.6. The fourth-order valence-electron chi connectivity index (χ4n) is 2.65. The van der Waals surface area contributed by atoms with E-state index in [4.69, 9.17) is 11.6 Å². The van der Waals surface area contributed by atoms with Gasteiger partial charge >= 0.3 is 0 Å². The van der Waals surface area contributed by atoms with E-state index in [-0.39, 0.29) is 11.9 Å². The van der Waals surface area contributed by atoms with Gasteiger partial charge < -0.3 is 0 Å². The highest BCUT2D eigenvalue weighted by Gasteiger charge is 2.36. The van der Waals surface area contributed by atoms with Crippen molar-refractivity contribution < 1.29 is 9.18 Å². The summed E-state index contributed by atoms with van der Waals surface area (Å²) in [6.07, 6.45) is 3.35. The SMILES string of the molecule is CC[C@H]1c2ccc(Cl)cc2C(=O)N1c1cncc(F)c1. The monoisotopic (exact) mass is 290 g/mol. The Labute approximate surface area is 121 Å². The molecule has 20 heavy (non-hydrogen) atoms. The van der Waals surface area contributed by atoms with Crippen molar-refractivity contribution >= 4 is 23.2 Å². The maximum Gasteiger partial charge on any atom is 0.259 e. The molecule has 0 aliphatic carbocycles. The van der Waals surface area contributed by atoms with Crippen LogP contribution in [0.25, 0.3) is 0 Å². The molecule has 1 aromatic heterocycles. The Morgan fingerprint density at radius 3 is 2.85 bits per heavy atom. The predicted octanol–water partition coefficient (Wildman–Crippen LogP) is 3.99. The molecule has 2 aromatic rings. The van der Waals surface area contributed by atoms with Crippen LogP contribution in [0.15, 0.2) is 36.7 Å². The molecule has 0 bridgehead atoms. The Morgan fingerprint density at radius 2 is 2.15 bits per heavy atom. The third-order valence-electron chi connectivity index (χ3n) is 3.49. The van der Waals surface area contributed by atoms with Gasteiger partial charge in [0.15, 0.2) is 0 Å². The number of nitrogens with zero attached hydrogens (tertiary/aromatic N) is 2. The lowest BCUT2D eigenvalue weighted by molar-refractivity contribution is 0.0990. The first-order chi connectivity index (χ1) is 9.61. The van der Waals surface area contributed by atoms with Crippen molar-refractivity contribution in [2.75, 3.05) is 4.90 Å². The van der Waals surface area contributed by atoms with E-state index in [0.29, 0.717) is 16.3 Å². The molecule has 0 N–H and O–H groups in total. The van der Waals surface area contributed by atoms with Crippen LogP contribution in [0.2, 0.25) is 5.02 Å². The van der Waals surface area contributed by atoms with E-state index in [2.05, 4.69) is 4.98 Å². The number of rotatable bonds is 2. The summed E-state index contributed by atoms with van der Waals surface area (Å²) in [5, 5.41) is 0.520. The second-order valence-corrected chi connectivity index (χ2v) is 5.13. The maximum absolute atomic E-state index is 13.4. The van der Waals surface area contributed by atoms with Crippen molar-refractivity contribution in [3.8, 4) is 0 Å². The highest BCUT2D eigenvalue weighted by molar-refractivity contribution is 6.31. The summed E-state index contributed by atoms with van der Waals surface area (Å²) in [7, 11) is 0. The molecule has 0 saturated carbocycles. The lowest BCUT2D eigenvalue weighted by Crippen LogP contribution is -2.27. The molecule has 1 aliphatic heterocycles. The van der Waals surface area contributed by atoms with Crippen LogP contribution in [-0.2, 0) is 0 Å². The fourth-order valence-corrected chi connectivity index (χ4v) is 2.82. The van der Waals surface area contributed by atoms with Gasteiger partial charge in [-0.15, -0.1) is 0 Å². The van der Waals surface area contributed by atoms with Crippen LogP contribution in [0.5, 0.6) is 0 Å². The van der Waals surface area contributed by atoms with E-state index >= 15 is 0 Å². The van der Waals surface area contributed by atoms with Gasteiger partial charge in [0.05, 0.1) is 24.1 Å². The van der Waals surface area contributed by atoms with E-state index in [1.165, 1.54) is 12.3 Å². The Bertz CT molecular complexity index is 689. The van der Waals surface area contributed by atoms with Crippen LogP contribution in [-0.4, -0.2) is 10.9 Å². The highest BCUT2D eigenvalue weighted by atomic mass is 35.5. The maximum atomic E-state index is 13.4. The zero-order valence-electron chi connectivity index (χ0n) is 10.8. The Morgan fingerprint density at radius 1 is 1.35 bits per heavy atom. The molecule has 1 amide bonds. The van der Waals surface area contributed by atoms with Crippen LogP contribution in [0.1, 0.15) is 35.3 Å². The minimum atomic E-state index is -0.459. The van der Waals surface area contributed by atoms with Crippen LogP contribution in [0.4, 0.5) is 10.1 Å². The molecule has 1 aliphatic rings. The standard InChI is InChI=1S/C15H12ClFN2O/c1-2-14-12-4-3-9(16)5-13(12)15(20)19(14)11-6-10(17)7-18-8-11/h3-8,14H,2H2,1H3/t14-/m0/s1. The summed E-state index contributed by atoms with van der Waals surface area (Å²) < 4.78 is 13.4. The Hall–Kier alpha value is -1.94. The highest BCUT2D eigenvalue weighted by Crippen LogP contribution is 2.40. The third kappa shape index (κ3) is 1.96. The zero-order chi connectivity index (χ0) is 14.3. The number of carbonyl (C=O) groups is 1. The van der Waals surface area contributed by atoms with Crippen molar-refractivity contribution in [1.29, 1.82) is 0 Å². The molecule has 1 aromatic carbocycles. The number of aromatic nitrogens is 1. The van der Waals surface area contributed by atoms with Crippen molar-refractivity contribution in [1.82, 2.24) is 4.98 Å². The fraction of sp³-hybridized carbons (Fsp3) is 0.200. The van der Waals surface area contributed by atoms with Crippen LogP contribution < -0.4 is 4.90 Å². The van der Waals surface area contributed by atoms with E-state index in [1.807, 2.05) is 13.0 Å². The summed E-state index contributed by atoms with van der Waals surface area (Å²) in [4.78, 5) is 17.9. The number of benzene rings is 1. The summed E-state index contributed by atoms with van der Waals surface area (Å²) in [5.74, 6) is -0.624. The van der Waals surface area contributed by atoms with Crippen molar-refractivity contribution in [3.05, 3.63) is 58.6 Å². The minimum Gasteiger partial charge on any atom is -0.299 e. The van der Waals surface area contributed by atoms with Gasteiger partial charge in [-0.2, -0.15) is 0 Å². The van der Waals surface area contributed by atoms with E-state index in [0.717, 1.165) is 18.2 Å². The van der Waals surface area contributed by atoms with Crippen molar-refractivity contribution in [2.24, 2.45) is 0 Å². The quantitative estimate of drug-likeness (QED) is 0.838. The molecular weight excluding hydrogens is 279 g/mol. The average Bonchev–Trinajstić information content (AvgIpc) is 2.71. The second-order valence-electron chi connectivity index (χ2n) is 4.69. The summed E-state index contributed by atoms with van der Waals surface area (Å²) >= 11 is 5.96. The molecule has 2 heterocycles. The average molecular weight is 291 g/mol. The number of pyridine rings is 1. The molecule has 0 unspecified atom stereocenters. The molecule has 0 saturated heterocycles. The first-order valence-electron chi connectivity index (χ1n) is 6.35. The van der Waals surface area contributed by atoms with Gasteiger partial charge in [0, 0.05) is 16.7 Å². The number of amides is 1. The van der Waals surface area contributed by atoms with Crippen molar-refractivity contribution in [3.63, 3.8) is 0 Å². The molecule has 0 radical (unpaired) electrons. The topological polar surface area (TPSA) is 33.2 Å². The van der Waals surface area contributed by atoms with Crippen molar-refractivity contribution in [2.45, 2.75) is 19.4 Å². The summed E-state index contributed by atoms with van der Waals surface area (Å²) in [5.41, 5.74) is 1.97. The number of hydrogen-bond acceptors (Lipinski definition) is 2. The summed E-state index contributed by atoms with van der Waals surface area (Å²) in [6, 6.07) is 6.49. The summed E-state index contributed by atoms with van der Waals surface area (Å²) in [6.45, 7) is 1.99. The molecular formula is C15H12ClFN2O. The molecule has 3 rings (SSSR count). The molecule has 5 heteroatoms. The first kappa shape index (κ1) is 13.1. The van der Waals surface area contributed by atoms with Gasteiger partial charge in [-0.05, 0) is 24.1 Å². The van der Waals surface area contributed by atoms with E-state index in [9.17, 15) is 9.18 Å². The van der Waals surface area contributed by atoms with Gasteiger partial charge in [0.25, 0.3) is 5.91 Å². The van der Waals surface area contributed by atoms with Crippen LogP contribution >= 0.6 is 11.6 Å². The number of hydrogen-bond donors (Lipinski definition) is 0. The van der Waals surface area contributed by atoms with Gasteiger partial charge in [0.1, 0.15) is 5.82 Å². The number of anilines is 1. The molecule has 102 valence electrons. The number of fused-ring (bicyclic) bond motifs is 1.